The first-order valence-electron chi connectivity index (χ1n) is 14.1. The molecule has 0 aliphatic carbocycles. The monoisotopic (exact) mass is 639 g/mol. The van der Waals surface area contributed by atoms with Gasteiger partial charge < -0.3 is 19.3 Å². The number of methoxy groups -OCH3 is 1. The molecule has 1 saturated heterocycles. The van der Waals surface area contributed by atoms with Crippen LogP contribution in [0.4, 0.5) is 0 Å². The largest absolute Gasteiger partial charge is 0.506 e. The number of hydrogen-bond acceptors (Lipinski definition) is 12. The van der Waals surface area contributed by atoms with Gasteiger partial charge in [-0.25, -0.2) is 14.0 Å². The van der Waals surface area contributed by atoms with Crippen molar-refractivity contribution < 1.29 is 40.9 Å². The molecule has 4 aromatic rings. The van der Waals surface area contributed by atoms with Crippen LogP contribution in [0, 0.1) is 0 Å². The minimum absolute atomic E-state index is 0.218. The van der Waals surface area contributed by atoms with Gasteiger partial charge in [-0.15, -0.1) is 0 Å². The zero-order valence-electron chi connectivity index (χ0n) is 24.8. The van der Waals surface area contributed by atoms with Gasteiger partial charge in [0.2, 0.25) is 0 Å². The number of aromatic hydroxyl groups is 1. The van der Waals surface area contributed by atoms with Crippen LogP contribution in [-0.4, -0.2) is 81.0 Å². The lowest BCUT2D eigenvalue weighted by Gasteiger charge is -2.27. The van der Waals surface area contributed by atoms with Crippen molar-refractivity contribution in [2.45, 2.75) is 19.8 Å². The van der Waals surface area contributed by atoms with Gasteiger partial charge in [-0.3, -0.25) is 18.4 Å². The molecule has 0 bridgehead atoms. The maximum atomic E-state index is 13.7. The molecule has 5 rings (SSSR count). The zero-order chi connectivity index (χ0) is 32.0. The van der Waals surface area contributed by atoms with E-state index >= 15 is 0 Å². The summed E-state index contributed by atoms with van der Waals surface area (Å²) in [7, 11) is -1.57. The fraction of sp³-hybridized carbons (Fsp3) is 0.323. The molecule has 0 saturated carbocycles. The summed E-state index contributed by atoms with van der Waals surface area (Å²) in [5, 5.41) is 11.5. The lowest BCUT2D eigenvalue weighted by Crippen LogP contribution is -2.40. The normalized spacial score (nSPS) is 14.0. The van der Waals surface area contributed by atoms with Gasteiger partial charge in [-0.1, -0.05) is 36.4 Å². The molecule has 13 nitrogen and oxygen atoms in total. The quantitative estimate of drug-likeness (QED) is 0.227. The Morgan fingerprint density at radius 1 is 0.978 bits per heavy atom. The molecule has 0 atom stereocenters. The van der Waals surface area contributed by atoms with Crippen LogP contribution in [0.1, 0.15) is 21.5 Å². The molecule has 3 heterocycles. The van der Waals surface area contributed by atoms with Crippen LogP contribution in [-0.2, 0) is 48.0 Å². The van der Waals surface area contributed by atoms with Crippen molar-refractivity contribution >= 4 is 27.4 Å². The number of morpholine rings is 1. The van der Waals surface area contributed by atoms with Crippen molar-refractivity contribution in [3.63, 3.8) is 0 Å². The molecule has 1 aliphatic heterocycles. The average Bonchev–Trinajstić information content (AvgIpc) is 3.07. The Hall–Kier alpha value is -4.34. The molecule has 2 aromatic heterocycles. The van der Waals surface area contributed by atoms with Gasteiger partial charge in [0.25, 0.3) is 5.56 Å². The van der Waals surface area contributed by atoms with Crippen molar-refractivity contribution in [1.29, 1.82) is 0 Å². The van der Waals surface area contributed by atoms with Crippen LogP contribution < -0.4 is 10.3 Å². The molecule has 2 aromatic carbocycles. The van der Waals surface area contributed by atoms with Gasteiger partial charge >= 0.3 is 16.4 Å². The first kappa shape index (κ1) is 32.1. The van der Waals surface area contributed by atoms with E-state index in [0.29, 0.717) is 55.3 Å². The number of pyridine rings is 2. The number of carbonyl (C=O) groups excluding carboxylic acids is 1. The number of ether oxygens (including phenoxy) is 3. The number of aromatic nitrogens is 2. The van der Waals surface area contributed by atoms with Crippen molar-refractivity contribution in [2.75, 3.05) is 47.1 Å². The van der Waals surface area contributed by atoms with Crippen LogP contribution in [0.15, 0.2) is 65.6 Å². The van der Waals surface area contributed by atoms with E-state index in [0.717, 1.165) is 12.7 Å². The summed E-state index contributed by atoms with van der Waals surface area (Å²) in [5.41, 5.74) is 1.45. The van der Waals surface area contributed by atoms with Crippen LogP contribution >= 0.6 is 0 Å². The smallest absolute Gasteiger partial charge is 0.399 e. The maximum absolute atomic E-state index is 13.7. The van der Waals surface area contributed by atoms with Gasteiger partial charge in [0, 0.05) is 37.9 Å². The first-order valence-corrected chi connectivity index (χ1v) is 15.4. The highest BCUT2D eigenvalue weighted by molar-refractivity contribution is 7.81. The number of nitrogens with zero attached hydrogens (tertiary/aromatic N) is 3. The molecule has 0 amide bonds. The predicted octanol–water partition coefficient (Wildman–Crippen LogP) is 2.87. The second kappa shape index (κ2) is 14.2. The molecule has 238 valence electrons. The molecular formula is C31H33N3O10S. The summed E-state index contributed by atoms with van der Waals surface area (Å²) < 4.78 is 49.6. The summed E-state index contributed by atoms with van der Waals surface area (Å²) in [6, 6.07) is 15.5. The van der Waals surface area contributed by atoms with E-state index in [1.165, 1.54) is 4.57 Å². The van der Waals surface area contributed by atoms with Gasteiger partial charge in [0.1, 0.15) is 23.8 Å². The number of esters is 1. The Bertz CT molecular complexity index is 1840. The molecule has 0 spiro atoms. The minimum atomic E-state index is -4.13. The molecule has 1 aliphatic rings. The van der Waals surface area contributed by atoms with Crippen molar-refractivity contribution in [3.8, 4) is 22.6 Å². The highest BCUT2D eigenvalue weighted by Crippen LogP contribution is 2.31. The molecule has 0 unspecified atom stereocenters. The number of fused-ring (bicyclic) bond motifs is 1. The highest BCUT2D eigenvalue weighted by Gasteiger charge is 2.25. The summed E-state index contributed by atoms with van der Waals surface area (Å²) in [6.45, 7) is 2.76. The fourth-order valence-electron chi connectivity index (χ4n) is 4.93. The van der Waals surface area contributed by atoms with Crippen molar-refractivity contribution in [1.82, 2.24) is 14.5 Å². The van der Waals surface area contributed by atoms with E-state index in [2.05, 4.69) is 14.1 Å². The topological polar surface area (TPSA) is 156 Å². The van der Waals surface area contributed by atoms with Crippen LogP contribution in [0.5, 0.6) is 11.5 Å². The van der Waals surface area contributed by atoms with E-state index in [-0.39, 0.29) is 30.8 Å². The third kappa shape index (κ3) is 7.67. The second-order valence-corrected chi connectivity index (χ2v) is 11.6. The number of hydrogen-bond donors (Lipinski definition) is 1. The predicted molar refractivity (Wildman–Crippen MR) is 163 cm³/mol. The summed E-state index contributed by atoms with van der Waals surface area (Å²) in [6.07, 6.45) is 1.61. The van der Waals surface area contributed by atoms with Gasteiger partial charge in [0.05, 0.1) is 39.4 Å². The van der Waals surface area contributed by atoms with Crippen LogP contribution in [0.3, 0.4) is 0 Å². The van der Waals surface area contributed by atoms with Gasteiger partial charge in [-0.05, 0) is 34.9 Å². The zero-order valence-corrected chi connectivity index (χ0v) is 25.6. The standard InChI is InChI=1S/C31H33N3O10S/c1-40-25-8-6-23(7-9-25)24-17-26-28(35)27(30(36)34(29(26)32-18-24)11-10-33-12-14-42-15-13-33)31(37)43-19-21-4-3-5-22(16-21)20-44-45(38,39)41-2/h3-9,16-18,35H,10-15,19-20H2,1-2H3. The minimum Gasteiger partial charge on any atom is -0.506 e. The molecule has 14 heteroatoms. The SMILES string of the molecule is COc1ccc(-c2cnc3c(c2)c(O)c(C(=O)OCc2cccc(COS(=O)(=O)OC)c2)c(=O)n3CCN2CCOCC2)cc1. The number of carbonyl (C=O) groups is 1. The Kier molecular flexibility index (Phi) is 10.1. The Morgan fingerprint density at radius 2 is 1.69 bits per heavy atom. The molecule has 1 N–H and O–H groups in total. The van der Waals surface area contributed by atoms with E-state index in [1.807, 2.05) is 12.1 Å². The second-order valence-electron chi connectivity index (χ2n) is 10.2. The maximum Gasteiger partial charge on any atom is 0.399 e. The molecule has 1 fully saturated rings. The van der Waals surface area contributed by atoms with E-state index in [4.69, 9.17) is 18.4 Å². The summed E-state index contributed by atoms with van der Waals surface area (Å²) >= 11 is 0. The summed E-state index contributed by atoms with van der Waals surface area (Å²) in [4.78, 5) is 33.8. The van der Waals surface area contributed by atoms with E-state index < -0.39 is 33.2 Å². The van der Waals surface area contributed by atoms with Gasteiger partial charge in [0.15, 0.2) is 5.56 Å². The number of benzene rings is 2. The Labute approximate surface area is 259 Å². The van der Waals surface area contributed by atoms with Crippen LogP contribution in [0.2, 0.25) is 0 Å². The average molecular weight is 640 g/mol. The first-order chi connectivity index (χ1) is 21.7. The van der Waals surface area contributed by atoms with Crippen molar-refractivity contribution in [2.24, 2.45) is 0 Å². The number of rotatable bonds is 12. The Balaban J connectivity index is 1.46. The van der Waals surface area contributed by atoms with Crippen LogP contribution in [0.25, 0.3) is 22.2 Å². The summed E-state index contributed by atoms with van der Waals surface area (Å²) in [5.74, 6) is -0.870. The van der Waals surface area contributed by atoms with E-state index in [9.17, 15) is 23.1 Å². The lowest BCUT2D eigenvalue weighted by molar-refractivity contribution is 0.0363. The van der Waals surface area contributed by atoms with Gasteiger partial charge in [-0.2, -0.15) is 8.42 Å². The van der Waals surface area contributed by atoms with E-state index in [1.54, 1.807) is 55.8 Å². The highest BCUT2D eigenvalue weighted by atomic mass is 32.3. The lowest BCUT2D eigenvalue weighted by atomic mass is 10.0. The molecule has 0 radical (unpaired) electrons. The van der Waals surface area contributed by atoms with Crippen molar-refractivity contribution in [3.05, 3.63) is 87.8 Å². The molecule has 45 heavy (non-hydrogen) atoms. The Morgan fingerprint density at radius 3 is 2.38 bits per heavy atom. The fourth-order valence-corrected chi connectivity index (χ4v) is 5.31. The third-order valence-corrected chi connectivity index (χ3v) is 8.19. The third-order valence-electron chi connectivity index (χ3n) is 7.38. The molecular weight excluding hydrogens is 606 g/mol.